The van der Waals surface area contributed by atoms with E-state index in [1.54, 1.807) is 18.2 Å². The largest absolute Gasteiger partial charge is 0.398 e. The zero-order valence-electron chi connectivity index (χ0n) is 14.2. The van der Waals surface area contributed by atoms with Gasteiger partial charge in [0.25, 0.3) is 0 Å². The highest BCUT2D eigenvalue weighted by Gasteiger charge is 2.18. The van der Waals surface area contributed by atoms with Gasteiger partial charge in [0.1, 0.15) is 11.0 Å². The molecule has 2 aromatic rings. The Labute approximate surface area is 157 Å². The predicted octanol–water partition coefficient (Wildman–Crippen LogP) is 1.96. The third-order valence-corrected chi connectivity index (χ3v) is 5.25. The molecule has 2 heterocycles. The molecule has 1 saturated heterocycles. The quantitative estimate of drug-likeness (QED) is 0.622. The monoisotopic (exact) mass is 391 g/mol. The SMILES string of the molecule is CS(=O)(=O)c1ccc(C#Cc2c(N)cc(Cl)nc2N2CCOCC2)cc1. The second-order valence-corrected chi connectivity index (χ2v) is 8.28. The first-order chi connectivity index (χ1) is 12.3. The summed E-state index contributed by atoms with van der Waals surface area (Å²) < 4.78 is 28.4. The first kappa shape index (κ1) is 18.5. The van der Waals surface area contributed by atoms with E-state index in [1.165, 1.54) is 18.4 Å². The van der Waals surface area contributed by atoms with Crippen LogP contribution in [-0.4, -0.2) is 46.0 Å². The van der Waals surface area contributed by atoms with Crippen molar-refractivity contribution in [3.8, 4) is 11.8 Å². The third-order valence-electron chi connectivity index (χ3n) is 3.92. The Morgan fingerprint density at radius 3 is 2.46 bits per heavy atom. The number of aromatic nitrogens is 1. The minimum atomic E-state index is -3.23. The zero-order valence-corrected chi connectivity index (χ0v) is 15.8. The van der Waals surface area contributed by atoms with Crippen LogP contribution in [-0.2, 0) is 14.6 Å². The van der Waals surface area contributed by atoms with Crippen LogP contribution >= 0.6 is 11.6 Å². The summed E-state index contributed by atoms with van der Waals surface area (Å²) in [6.45, 7) is 2.58. The van der Waals surface area contributed by atoms with Crippen molar-refractivity contribution in [1.82, 2.24) is 4.98 Å². The average molecular weight is 392 g/mol. The number of halogens is 1. The number of nitrogens with zero attached hydrogens (tertiary/aromatic N) is 2. The predicted molar refractivity (Wildman–Crippen MR) is 102 cm³/mol. The van der Waals surface area contributed by atoms with Crippen molar-refractivity contribution in [3.63, 3.8) is 0 Å². The fourth-order valence-electron chi connectivity index (χ4n) is 2.57. The number of hydrogen-bond acceptors (Lipinski definition) is 6. The summed E-state index contributed by atoms with van der Waals surface area (Å²) in [6.07, 6.45) is 1.17. The first-order valence-corrected chi connectivity index (χ1v) is 10.2. The lowest BCUT2D eigenvalue weighted by molar-refractivity contribution is 0.122. The lowest BCUT2D eigenvalue weighted by Gasteiger charge is -2.29. The number of rotatable bonds is 2. The minimum Gasteiger partial charge on any atom is -0.398 e. The van der Waals surface area contributed by atoms with Gasteiger partial charge in [0.2, 0.25) is 0 Å². The molecule has 1 aromatic carbocycles. The van der Waals surface area contributed by atoms with E-state index in [0.717, 1.165) is 0 Å². The van der Waals surface area contributed by atoms with E-state index in [4.69, 9.17) is 22.1 Å². The highest BCUT2D eigenvalue weighted by atomic mass is 35.5. The lowest BCUT2D eigenvalue weighted by Crippen LogP contribution is -2.37. The molecule has 8 heteroatoms. The molecule has 2 N–H and O–H groups in total. The molecule has 6 nitrogen and oxygen atoms in total. The molecule has 1 aromatic heterocycles. The van der Waals surface area contributed by atoms with Crippen molar-refractivity contribution >= 4 is 32.9 Å². The average Bonchev–Trinajstić information content (AvgIpc) is 2.61. The molecule has 1 aliphatic rings. The number of ether oxygens (including phenoxy) is 1. The van der Waals surface area contributed by atoms with E-state index in [-0.39, 0.29) is 4.90 Å². The van der Waals surface area contributed by atoms with Gasteiger partial charge in [0.15, 0.2) is 9.84 Å². The van der Waals surface area contributed by atoms with E-state index in [1.807, 2.05) is 4.90 Å². The highest BCUT2D eigenvalue weighted by molar-refractivity contribution is 7.90. The van der Waals surface area contributed by atoms with E-state index in [2.05, 4.69) is 16.8 Å². The van der Waals surface area contributed by atoms with E-state index in [9.17, 15) is 8.42 Å². The molecule has 1 fully saturated rings. The summed E-state index contributed by atoms with van der Waals surface area (Å²) in [5.74, 6) is 6.70. The first-order valence-electron chi connectivity index (χ1n) is 7.95. The maximum absolute atomic E-state index is 11.5. The van der Waals surface area contributed by atoms with Crippen LogP contribution in [0.25, 0.3) is 0 Å². The minimum absolute atomic E-state index is 0.254. The van der Waals surface area contributed by atoms with Crippen LogP contribution in [0, 0.1) is 11.8 Å². The van der Waals surface area contributed by atoms with Crippen molar-refractivity contribution in [1.29, 1.82) is 0 Å². The standard InChI is InChI=1S/C18H18ClN3O3S/c1-26(23,24)14-5-2-13(3-6-14)4-7-15-16(20)12-17(19)21-18(15)22-8-10-25-11-9-22/h2-3,5-6,12H,8-11H2,1H3,(H2,20,21). The topological polar surface area (TPSA) is 85.5 Å². The van der Waals surface area contributed by atoms with Crippen molar-refractivity contribution in [2.75, 3.05) is 43.2 Å². The van der Waals surface area contributed by atoms with Crippen molar-refractivity contribution in [3.05, 3.63) is 46.6 Å². The number of hydrogen-bond donors (Lipinski definition) is 1. The molecule has 0 bridgehead atoms. The Hall–Kier alpha value is -2.27. The van der Waals surface area contributed by atoms with Crippen LogP contribution in [0.4, 0.5) is 11.5 Å². The number of nitrogens with two attached hydrogens (primary N) is 1. The Bertz CT molecular complexity index is 973. The number of sulfone groups is 1. The van der Waals surface area contributed by atoms with Crippen molar-refractivity contribution in [2.45, 2.75) is 4.90 Å². The molecule has 3 rings (SSSR count). The van der Waals surface area contributed by atoms with Gasteiger partial charge in [0.05, 0.1) is 29.4 Å². The molecule has 0 unspecified atom stereocenters. The van der Waals surface area contributed by atoms with Crippen LogP contribution in [0.5, 0.6) is 0 Å². The second-order valence-electron chi connectivity index (χ2n) is 5.88. The van der Waals surface area contributed by atoms with Gasteiger partial charge in [-0.2, -0.15) is 0 Å². The molecule has 1 aliphatic heterocycles. The van der Waals surface area contributed by atoms with Gasteiger partial charge >= 0.3 is 0 Å². The van der Waals surface area contributed by atoms with Gasteiger partial charge in [-0.3, -0.25) is 0 Å². The third kappa shape index (κ3) is 4.28. The highest BCUT2D eigenvalue weighted by Crippen LogP contribution is 2.27. The lowest BCUT2D eigenvalue weighted by atomic mass is 10.1. The summed E-state index contributed by atoms with van der Waals surface area (Å²) in [5, 5.41) is 0.312. The van der Waals surface area contributed by atoms with Crippen LogP contribution in [0.1, 0.15) is 11.1 Å². The van der Waals surface area contributed by atoms with Gasteiger partial charge in [-0.1, -0.05) is 23.4 Å². The fourth-order valence-corrected chi connectivity index (χ4v) is 3.40. The number of benzene rings is 1. The molecule has 0 radical (unpaired) electrons. The maximum Gasteiger partial charge on any atom is 0.175 e. The smallest absolute Gasteiger partial charge is 0.175 e. The molecular formula is C18H18ClN3O3S. The Kier molecular flexibility index (Phi) is 5.37. The van der Waals surface area contributed by atoms with Gasteiger partial charge in [0, 0.05) is 24.9 Å². The normalized spacial score (nSPS) is 14.6. The Balaban J connectivity index is 1.96. The zero-order chi connectivity index (χ0) is 18.7. The van der Waals surface area contributed by atoms with Crippen LogP contribution < -0.4 is 10.6 Å². The van der Waals surface area contributed by atoms with Gasteiger partial charge < -0.3 is 15.4 Å². The van der Waals surface area contributed by atoms with Crippen molar-refractivity contribution < 1.29 is 13.2 Å². The number of morpholine rings is 1. The van der Waals surface area contributed by atoms with Crippen LogP contribution in [0.3, 0.4) is 0 Å². The van der Waals surface area contributed by atoms with Crippen molar-refractivity contribution in [2.24, 2.45) is 0 Å². The molecule has 26 heavy (non-hydrogen) atoms. The molecule has 136 valence electrons. The van der Waals surface area contributed by atoms with E-state index < -0.39 is 9.84 Å². The molecule has 0 amide bonds. The van der Waals surface area contributed by atoms with Crippen LogP contribution in [0.15, 0.2) is 35.2 Å². The summed E-state index contributed by atoms with van der Waals surface area (Å²) in [4.78, 5) is 6.69. The molecular weight excluding hydrogens is 374 g/mol. The molecule has 0 atom stereocenters. The number of pyridine rings is 1. The molecule has 0 saturated carbocycles. The van der Waals surface area contributed by atoms with Crippen LogP contribution in [0.2, 0.25) is 5.15 Å². The Morgan fingerprint density at radius 1 is 1.19 bits per heavy atom. The molecule has 0 aliphatic carbocycles. The fraction of sp³-hybridized carbons (Fsp3) is 0.278. The summed E-state index contributed by atoms with van der Waals surface area (Å²) in [5.41, 5.74) is 7.84. The number of anilines is 2. The summed E-state index contributed by atoms with van der Waals surface area (Å²) >= 11 is 6.06. The van der Waals surface area contributed by atoms with Gasteiger partial charge in [-0.05, 0) is 30.3 Å². The summed E-state index contributed by atoms with van der Waals surface area (Å²) in [7, 11) is -3.23. The second kappa shape index (κ2) is 7.54. The number of nitrogen functional groups attached to an aromatic ring is 1. The Morgan fingerprint density at radius 2 is 1.85 bits per heavy atom. The summed E-state index contributed by atoms with van der Waals surface area (Å²) in [6, 6.07) is 7.97. The van der Waals surface area contributed by atoms with Gasteiger partial charge in [-0.25, -0.2) is 13.4 Å². The van der Waals surface area contributed by atoms with E-state index >= 15 is 0 Å². The molecule has 0 spiro atoms. The van der Waals surface area contributed by atoms with E-state index in [0.29, 0.717) is 54.1 Å². The maximum atomic E-state index is 11.5. The van der Waals surface area contributed by atoms with Gasteiger partial charge in [-0.15, -0.1) is 0 Å².